The van der Waals surface area contributed by atoms with Crippen molar-refractivity contribution in [2.24, 2.45) is 0 Å². The summed E-state index contributed by atoms with van der Waals surface area (Å²) in [5.74, 6) is 1.54. The molecule has 2 N–H and O–H groups in total. The molecule has 2 heterocycles. The van der Waals surface area contributed by atoms with Crippen LogP contribution >= 0.6 is 0 Å². The number of carbonyl (C=O) groups excluding carboxylic acids is 1. The molecular weight excluding hydrogens is 356 g/mol. The number of fused-ring (bicyclic) bond motifs is 1. The van der Waals surface area contributed by atoms with Crippen LogP contribution in [0.2, 0.25) is 0 Å². The van der Waals surface area contributed by atoms with E-state index in [1.165, 1.54) is 0 Å². The fraction of sp³-hybridized carbons (Fsp3) is 0.381. The smallest absolute Gasteiger partial charge is 0.319 e. The number of hydrogen-bond acceptors (Lipinski definition) is 5. The van der Waals surface area contributed by atoms with Gasteiger partial charge in [0.1, 0.15) is 0 Å². The van der Waals surface area contributed by atoms with Crippen molar-refractivity contribution < 1.29 is 14.3 Å². The summed E-state index contributed by atoms with van der Waals surface area (Å²) < 4.78 is 11.0. The minimum absolute atomic E-state index is 0.0738. The van der Waals surface area contributed by atoms with E-state index in [1.54, 1.807) is 0 Å². The minimum atomic E-state index is -0.203. The number of para-hydroxylation sites is 1. The topological polar surface area (TPSA) is 66.1 Å². The number of piperazine rings is 1. The molecule has 0 aromatic heterocycles. The van der Waals surface area contributed by atoms with Crippen LogP contribution in [-0.2, 0) is 0 Å². The average molecular weight is 382 g/mol. The Morgan fingerprint density at radius 1 is 1.04 bits per heavy atom. The Hall–Kier alpha value is -2.77. The first-order valence-corrected chi connectivity index (χ1v) is 9.61. The first kappa shape index (κ1) is 18.6. The summed E-state index contributed by atoms with van der Waals surface area (Å²) in [6, 6.07) is 15.4. The monoisotopic (exact) mass is 382 g/mol. The maximum absolute atomic E-state index is 12.4. The van der Waals surface area contributed by atoms with E-state index in [0.717, 1.165) is 48.9 Å². The molecule has 0 unspecified atom stereocenters. The lowest BCUT2D eigenvalue weighted by Gasteiger charge is -2.38. The molecule has 148 valence electrons. The van der Waals surface area contributed by atoms with E-state index in [2.05, 4.69) is 33.5 Å². The molecular formula is C21H26N4O3. The van der Waals surface area contributed by atoms with Crippen LogP contribution in [0.3, 0.4) is 0 Å². The maximum atomic E-state index is 12.4. The van der Waals surface area contributed by atoms with Crippen LogP contribution in [0.1, 0.15) is 11.6 Å². The zero-order valence-electron chi connectivity index (χ0n) is 16.1. The molecule has 2 aliphatic heterocycles. The van der Waals surface area contributed by atoms with Gasteiger partial charge in [-0.1, -0.05) is 24.3 Å². The fourth-order valence-electron chi connectivity index (χ4n) is 3.60. The number of anilines is 1. The number of benzene rings is 2. The Morgan fingerprint density at radius 3 is 2.57 bits per heavy atom. The van der Waals surface area contributed by atoms with E-state index in [0.29, 0.717) is 6.54 Å². The molecule has 0 radical (unpaired) electrons. The second-order valence-corrected chi connectivity index (χ2v) is 7.17. The Bertz CT molecular complexity index is 807. The Kier molecular flexibility index (Phi) is 5.64. The zero-order chi connectivity index (χ0) is 19.3. The Balaban J connectivity index is 1.46. The van der Waals surface area contributed by atoms with Gasteiger partial charge in [0.15, 0.2) is 11.5 Å². The molecule has 1 fully saturated rings. The van der Waals surface area contributed by atoms with Crippen molar-refractivity contribution in [1.82, 2.24) is 15.1 Å². The van der Waals surface area contributed by atoms with Crippen LogP contribution in [0.5, 0.6) is 11.5 Å². The second-order valence-electron chi connectivity index (χ2n) is 7.17. The van der Waals surface area contributed by atoms with Gasteiger partial charge in [-0.2, -0.15) is 0 Å². The first-order chi connectivity index (χ1) is 13.7. The van der Waals surface area contributed by atoms with Gasteiger partial charge >= 0.3 is 6.03 Å². The van der Waals surface area contributed by atoms with Gasteiger partial charge in [0, 0.05) is 38.4 Å². The van der Waals surface area contributed by atoms with Gasteiger partial charge in [-0.05, 0) is 36.9 Å². The predicted molar refractivity (Wildman–Crippen MR) is 108 cm³/mol. The van der Waals surface area contributed by atoms with Crippen molar-refractivity contribution in [3.8, 4) is 11.5 Å². The van der Waals surface area contributed by atoms with Gasteiger partial charge in [0.05, 0.1) is 6.04 Å². The van der Waals surface area contributed by atoms with Gasteiger partial charge in [0.25, 0.3) is 0 Å². The number of urea groups is 1. The lowest BCUT2D eigenvalue weighted by Crippen LogP contribution is -2.48. The molecule has 0 spiro atoms. The number of rotatable bonds is 5. The van der Waals surface area contributed by atoms with Crippen molar-refractivity contribution in [2.75, 3.05) is 51.9 Å². The van der Waals surface area contributed by atoms with Gasteiger partial charge < -0.3 is 25.0 Å². The molecule has 1 saturated heterocycles. The average Bonchev–Trinajstić information content (AvgIpc) is 3.18. The van der Waals surface area contributed by atoms with Crippen LogP contribution in [-0.4, -0.2) is 62.4 Å². The van der Waals surface area contributed by atoms with Crippen LogP contribution in [0.25, 0.3) is 0 Å². The van der Waals surface area contributed by atoms with Crippen LogP contribution < -0.4 is 20.1 Å². The molecule has 2 amide bonds. The number of likely N-dealkylation sites (N-methyl/N-ethyl adjacent to an activating group) is 1. The summed E-state index contributed by atoms with van der Waals surface area (Å²) in [4.78, 5) is 17.1. The van der Waals surface area contributed by atoms with Crippen molar-refractivity contribution in [3.63, 3.8) is 0 Å². The molecule has 28 heavy (non-hydrogen) atoms. The summed E-state index contributed by atoms with van der Waals surface area (Å²) in [6.45, 7) is 4.71. The summed E-state index contributed by atoms with van der Waals surface area (Å²) in [5, 5.41) is 5.91. The first-order valence-electron chi connectivity index (χ1n) is 9.61. The number of nitrogens with one attached hydrogen (secondary N) is 2. The van der Waals surface area contributed by atoms with E-state index in [9.17, 15) is 4.79 Å². The number of nitrogens with zero attached hydrogens (tertiary/aromatic N) is 2. The van der Waals surface area contributed by atoms with Crippen molar-refractivity contribution in [2.45, 2.75) is 6.04 Å². The predicted octanol–water partition coefficient (Wildman–Crippen LogP) is 2.53. The molecule has 4 rings (SSSR count). The van der Waals surface area contributed by atoms with Gasteiger partial charge in [0.2, 0.25) is 6.79 Å². The Morgan fingerprint density at radius 2 is 1.79 bits per heavy atom. The summed E-state index contributed by atoms with van der Waals surface area (Å²) in [7, 11) is 2.14. The minimum Gasteiger partial charge on any atom is -0.454 e. The lowest BCUT2D eigenvalue weighted by atomic mass is 10.0. The molecule has 2 aromatic carbocycles. The lowest BCUT2D eigenvalue weighted by molar-refractivity contribution is 0.111. The second kappa shape index (κ2) is 8.50. The Labute approximate surface area is 165 Å². The van der Waals surface area contributed by atoms with Crippen LogP contribution in [0.4, 0.5) is 10.5 Å². The normalized spacial score (nSPS) is 17.9. The SMILES string of the molecule is CN1CCN([C@@H](CNC(=O)Nc2ccccc2)c2ccc3c(c2)OCO3)CC1. The molecule has 0 bridgehead atoms. The zero-order valence-corrected chi connectivity index (χ0v) is 16.1. The van der Waals surface area contributed by atoms with E-state index in [4.69, 9.17) is 9.47 Å². The molecule has 0 aliphatic carbocycles. The third-order valence-electron chi connectivity index (χ3n) is 5.25. The van der Waals surface area contributed by atoms with Crippen molar-refractivity contribution in [1.29, 1.82) is 0 Å². The highest BCUT2D eigenvalue weighted by molar-refractivity contribution is 5.89. The highest BCUT2D eigenvalue weighted by Crippen LogP contribution is 2.35. The van der Waals surface area contributed by atoms with E-state index in [-0.39, 0.29) is 18.9 Å². The van der Waals surface area contributed by atoms with Crippen LogP contribution in [0.15, 0.2) is 48.5 Å². The number of ether oxygens (including phenoxy) is 2. The van der Waals surface area contributed by atoms with Crippen molar-refractivity contribution >= 4 is 11.7 Å². The van der Waals surface area contributed by atoms with Gasteiger partial charge in [-0.25, -0.2) is 4.79 Å². The third-order valence-corrected chi connectivity index (χ3v) is 5.25. The van der Waals surface area contributed by atoms with E-state index < -0.39 is 0 Å². The molecule has 2 aliphatic rings. The molecule has 2 aromatic rings. The van der Waals surface area contributed by atoms with Crippen molar-refractivity contribution in [3.05, 3.63) is 54.1 Å². The largest absolute Gasteiger partial charge is 0.454 e. The molecule has 1 atom stereocenters. The quantitative estimate of drug-likeness (QED) is 0.832. The summed E-state index contributed by atoms with van der Waals surface area (Å²) in [5.41, 5.74) is 1.90. The van der Waals surface area contributed by atoms with E-state index in [1.807, 2.05) is 42.5 Å². The highest BCUT2D eigenvalue weighted by atomic mass is 16.7. The van der Waals surface area contributed by atoms with E-state index >= 15 is 0 Å². The number of amides is 2. The molecule has 0 saturated carbocycles. The van der Waals surface area contributed by atoms with Gasteiger partial charge in [-0.15, -0.1) is 0 Å². The molecule has 7 heteroatoms. The summed E-state index contributed by atoms with van der Waals surface area (Å²) in [6.07, 6.45) is 0. The highest BCUT2D eigenvalue weighted by Gasteiger charge is 2.26. The standard InChI is InChI=1S/C21H26N4O3/c1-24-9-11-25(12-10-24)18(16-7-8-19-20(13-16)28-15-27-19)14-22-21(26)23-17-5-3-2-4-6-17/h2-8,13,18H,9-12,14-15H2,1H3,(H2,22,23,26)/t18-/m0/s1. The number of hydrogen-bond donors (Lipinski definition) is 2. The van der Waals surface area contributed by atoms with Crippen LogP contribution in [0, 0.1) is 0 Å². The maximum Gasteiger partial charge on any atom is 0.319 e. The van der Waals surface area contributed by atoms with Gasteiger partial charge in [-0.3, -0.25) is 4.90 Å². The third kappa shape index (κ3) is 4.37. The molecule has 7 nitrogen and oxygen atoms in total. The number of carbonyl (C=O) groups is 1. The fourth-order valence-corrected chi connectivity index (χ4v) is 3.60. The summed E-state index contributed by atoms with van der Waals surface area (Å²) >= 11 is 0.